The van der Waals surface area contributed by atoms with Crippen molar-refractivity contribution in [3.8, 4) is 0 Å². The van der Waals surface area contributed by atoms with Gasteiger partial charge in [0.2, 0.25) is 0 Å². The number of amides is 1. The van der Waals surface area contributed by atoms with E-state index in [1.165, 1.54) is 31.4 Å². The summed E-state index contributed by atoms with van der Waals surface area (Å²) in [6, 6.07) is 0.433. The van der Waals surface area contributed by atoms with Crippen LogP contribution in [0.3, 0.4) is 0 Å². The van der Waals surface area contributed by atoms with Gasteiger partial charge in [0.15, 0.2) is 5.69 Å². The minimum Gasteiger partial charge on any atom is -0.466 e. The normalized spacial score (nSPS) is 25.2. The van der Waals surface area contributed by atoms with Gasteiger partial charge in [0, 0.05) is 23.4 Å². The Bertz CT molecular complexity index is 792. The van der Waals surface area contributed by atoms with Crippen molar-refractivity contribution in [3.05, 3.63) is 17.0 Å². The largest absolute Gasteiger partial charge is 0.466 e. The number of carbonyl (C=O) groups excluding carboxylic acids is 2. The SMILES string of the molecule is CCOC(=O)[C@@H]1CCCCC1C=NC(=O)c1nn(C2CCCCC2)c2c1CCCC2. The van der Waals surface area contributed by atoms with Crippen LogP contribution in [0.1, 0.15) is 105 Å². The quantitative estimate of drug-likeness (QED) is 0.511. The van der Waals surface area contributed by atoms with Gasteiger partial charge in [-0.15, -0.1) is 0 Å². The van der Waals surface area contributed by atoms with E-state index in [0.717, 1.165) is 63.4 Å². The third-order valence-electron chi connectivity index (χ3n) is 7.12. The molecule has 0 aliphatic heterocycles. The third-order valence-corrected chi connectivity index (χ3v) is 7.12. The first-order valence-corrected chi connectivity index (χ1v) is 12.0. The van der Waals surface area contributed by atoms with E-state index in [2.05, 4.69) is 9.67 Å². The summed E-state index contributed by atoms with van der Waals surface area (Å²) in [4.78, 5) is 29.7. The number of carbonyl (C=O) groups is 2. The van der Waals surface area contributed by atoms with E-state index in [9.17, 15) is 9.59 Å². The van der Waals surface area contributed by atoms with Gasteiger partial charge < -0.3 is 4.74 Å². The molecule has 2 fully saturated rings. The zero-order valence-electron chi connectivity index (χ0n) is 18.3. The van der Waals surface area contributed by atoms with Gasteiger partial charge in [-0.25, -0.2) is 4.99 Å². The molecule has 3 aliphatic rings. The number of nitrogens with zero attached hydrogens (tertiary/aromatic N) is 3. The Morgan fingerprint density at radius 3 is 2.57 bits per heavy atom. The van der Waals surface area contributed by atoms with Gasteiger partial charge in [0.05, 0.1) is 18.6 Å². The number of ether oxygens (including phenoxy) is 1. The van der Waals surface area contributed by atoms with E-state index in [1.807, 2.05) is 6.92 Å². The fourth-order valence-corrected chi connectivity index (χ4v) is 5.53. The fraction of sp³-hybridized carbons (Fsp3) is 0.750. The first-order valence-electron chi connectivity index (χ1n) is 12.0. The molecule has 0 N–H and O–H groups in total. The Morgan fingerprint density at radius 2 is 1.77 bits per heavy atom. The maximum Gasteiger partial charge on any atom is 0.309 e. The van der Waals surface area contributed by atoms with Crippen LogP contribution in [0.25, 0.3) is 0 Å². The highest BCUT2D eigenvalue weighted by atomic mass is 16.5. The Hall–Kier alpha value is -1.98. The van der Waals surface area contributed by atoms with E-state index < -0.39 is 0 Å². The van der Waals surface area contributed by atoms with Crippen LogP contribution in [0, 0.1) is 11.8 Å². The number of fused-ring (bicyclic) bond motifs is 1. The van der Waals surface area contributed by atoms with Crippen molar-refractivity contribution in [2.24, 2.45) is 16.8 Å². The summed E-state index contributed by atoms with van der Waals surface area (Å²) in [6.07, 6.45) is 15.9. The predicted molar refractivity (Wildman–Crippen MR) is 116 cm³/mol. The van der Waals surface area contributed by atoms with Crippen LogP contribution in [0.5, 0.6) is 0 Å². The standard InChI is InChI=1S/C24H35N3O3/c1-2-30-24(29)19-13-7-6-10-17(19)16-25-23(28)22-20-14-8-9-15-21(20)27(26-22)18-11-4-3-5-12-18/h16-19H,2-15H2,1H3/t17?,19-/m1/s1. The number of aliphatic imine (C=N–C) groups is 1. The molecular formula is C24H35N3O3. The molecule has 4 rings (SSSR count). The summed E-state index contributed by atoms with van der Waals surface area (Å²) in [7, 11) is 0. The molecular weight excluding hydrogens is 378 g/mol. The van der Waals surface area contributed by atoms with Gasteiger partial charge in [-0.05, 0) is 58.3 Å². The first-order chi connectivity index (χ1) is 14.7. The summed E-state index contributed by atoms with van der Waals surface area (Å²) in [5.41, 5.74) is 2.95. The molecule has 3 aliphatic carbocycles. The molecule has 1 aromatic rings. The highest BCUT2D eigenvalue weighted by Crippen LogP contribution is 2.34. The lowest BCUT2D eigenvalue weighted by molar-refractivity contribution is -0.150. The number of aromatic nitrogens is 2. The number of rotatable bonds is 5. The van der Waals surface area contributed by atoms with Crippen LogP contribution in [0.2, 0.25) is 0 Å². The Balaban J connectivity index is 1.54. The van der Waals surface area contributed by atoms with Crippen LogP contribution >= 0.6 is 0 Å². The summed E-state index contributed by atoms with van der Waals surface area (Å²) in [5.74, 6) is -0.585. The second-order valence-corrected chi connectivity index (χ2v) is 9.11. The molecule has 0 spiro atoms. The molecule has 0 saturated heterocycles. The topological polar surface area (TPSA) is 73.6 Å². The molecule has 2 saturated carbocycles. The van der Waals surface area contributed by atoms with Gasteiger partial charge in [0.25, 0.3) is 5.91 Å². The third kappa shape index (κ3) is 4.52. The fourth-order valence-electron chi connectivity index (χ4n) is 5.53. The molecule has 1 amide bonds. The van der Waals surface area contributed by atoms with Crippen LogP contribution in [0.4, 0.5) is 0 Å². The zero-order chi connectivity index (χ0) is 20.9. The highest BCUT2D eigenvalue weighted by Gasteiger charge is 2.32. The smallest absolute Gasteiger partial charge is 0.309 e. The molecule has 164 valence electrons. The highest BCUT2D eigenvalue weighted by molar-refractivity contribution is 5.99. The Morgan fingerprint density at radius 1 is 1.03 bits per heavy atom. The van der Waals surface area contributed by atoms with Crippen LogP contribution in [-0.4, -0.2) is 34.5 Å². The van der Waals surface area contributed by atoms with E-state index in [0.29, 0.717) is 18.3 Å². The molecule has 30 heavy (non-hydrogen) atoms. The Labute approximate surface area is 179 Å². The lowest BCUT2D eigenvalue weighted by Crippen LogP contribution is -2.30. The average Bonchev–Trinajstić information content (AvgIpc) is 3.18. The summed E-state index contributed by atoms with van der Waals surface area (Å²) in [5, 5.41) is 4.82. The van der Waals surface area contributed by atoms with E-state index in [1.54, 1.807) is 6.21 Å². The minimum absolute atomic E-state index is 0.0157. The number of hydrogen-bond acceptors (Lipinski definition) is 4. The summed E-state index contributed by atoms with van der Waals surface area (Å²) < 4.78 is 7.43. The van der Waals surface area contributed by atoms with Crippen LogP contribution in [-0.2, 0) is 22.4 Å². The van der Waals surface area contributed by atoms with E-state index in [4.69, 9.17) is 9.84 Å². The van der Waals surface area contributed by atoms with Gasteiger partial charge in [-0.2, -0.15) is 5.10 Å². The van der Waals surface area contributed by atoms with Gasteiger partial charge in [-0.1, -0.05) is 32.1 Å². The lowest BCUT2D eigenvalue weighted by Gasteiger charge is -2.26. The molecule has 1 unspecified atom stereocenters. The van der Waals surface area contributed by atoms with Gasteiger partial charge >= 0.3 is 5.97 Å². The second kappa shape index (κ2) is 9.88. The number of esters is 1. The summed E-state index contributed by atoms with van der Waals surface area (Å²) in [6.45, 7) is 2.22. The second-order valence-electron chi connectivity index (χ2n) is 9.11. The molecule has 0 bridgehead atoms. The monoisotopic (exact) mass is 413 g/mol. The average molecular weight is 414 g/mol. The van der Waals surface area contributed by atoms with E-state index in [-0.39, 0.29) is 23.7 Å². The molecule has 1 aromatic heterocycles. The molecule has 6 nitrogen and oxygen atoms in total. The minimum atomic E-state index is -0.240. The molecule has 2 atom stereocenters. The van der Waals surface area contributed by atoms with Crippen molar-refractivity contribution >= 4 is 18.1 Å². The molecule has 6 heteroatoms. The zero-order valence-corrected chi connectivity index (χ0v) is 18.3. The predicted octanol–water partition coefficient (Wildman–Crippen LogP) is 4.85. The van der Waals surface area contributed by atoms with E-state index >= 15 is 0 Å². The lowest BCUT2D eigenvalue weighted by atomic mass is 9.80. The molecule has 1 heterocycles. The Kier molecular flexibility index (Phi) is 7.00. The van der Waals surface area contributed by atoms with Gasteiger partial charge in [-0.3, -0.25) is 14.3 Å². The van der Waals surface area contributed by atoms with Gasteiger partial charge in [0.1, 0.15) is 0 Å². The van der Waals surface area contributed by atoms with Crippen molar-refractivity contribution in [1.82, 2.24) is 9.78 Å². The molecule has 0 aromatic carbocycles. The molecule has 0 radical (unpaired) electrons. The maximum absolute atomic E-state index is 13.1. The van der Waals surface area contributed by atoms with Crippen molar-refractivity contribution in [2.75, 3.05) is 6.61 Å². The first kappa shape index (κ1) is 21.3. The van der Waals surface area contributed by atoms with Crippen molar-refractivity contribution < 1.29 is 14.3 Å². The maximum atomic E-state index is 13.1. The van der Waals surface area contributed by atoms with Crippen LogP contribution < -0.4 is 0 Å². The van der Waals surface area contributed by atoms with Crippen molar-refractivity contribution in [3.63, 3.8) is 0 Å². The number of hydrogen-bond donors (Lipinski definition) is 0. The van der Waals surface area contributed by atoms with Crippen molar-refractivity contribution in [2.45, 2.75) is 96.4 Å². The van der Waals surface area contributed by atoms with Crippen molar-refractivity contribution in [1.29, 1.82) is 0 Å². The summed E-state index contributed by atoms with van der Waals surface area (Å²) >= 11 is 0. The van der Waals surface area contributed by atoms with Crippen LogP contribution in [0.15, 0.2) is 4.99 Å².